The zero-order valence-electron chi connectivity index (χ0n) is 18.5. The molecule has 5 aromatic carbocycles. The van der Waals surface area contributed by atoms with Crippen LogP contribution in [0, 0.1) is 0 Å². The molecule has 158 valence electrons. The van der Waals surface area contributed by atoms with Crippen LogP contribution in [0.2, 0.25) is 0 Å². The monoisotopic (exact) mass is 440 g/mol. The van der Waals surface area contributed by atoms with Gasteiger partial charge < -0.3 is 0 Å². The van der Waals surface area contributed by atoms with Crippen LogP contribution >= 0.6 is 7.92 Å². The van der Waals surface area contributed by atoms with Crippen molar-refractivity contribution in [2.24, 2.45) is 0 Å². The summed E-state index contributed by atoms with van der Waals surface area (Å²) in [6.07, 6.45) is 4.67. The largest absolute Gasteiger partial charge is 0.0757 e. The molecule has 0 saturated heterocycles. The summed E-state index contributed by atoms with van der Waals surface area (Å²) in [5.41, 5.74) is 5.64. The van der Waals surface area contributed by atoms with E-state index in [1.54, 1.807) is 0 Å². The fraction of sp³-hybridized carbons (Fsp3) is 0.0625. The van der Waals surface area contributed by atoms with E-state index < -0.39 is 7.92 Å². The summed E-state index contributed by atoms with van der Waals surface area (Å²) in [7, 11) is -0.695. The van der Waals surface area contributed by atoms with Crippen LogP contribution in [0.5, 0.6) is 0 Å². The Hall–Kier alpha value is -3.47. The van der Waals surface area contributed by atoms with Gasteiger partial charge in [0, 0.05) is 0 Å². The average Bonchev–Trinajstić information content (AvgIpc) is 2.90. The molecule has 0 bridgehead atoms. The highest BCUT2D eigenvalue weighted by Gasteiger charge is 2.25. The third-order valence-electron chi connectivity index (χ3n) is 6.52. The second-order valence-electron chi connectivity index (χ2n) is 8.50. The molecule has 5 aromatic rings. The van der Waals surface area contributed by atoms with Gasteiger partial charge in [0.15, 0.2) is 0 Å². The van der Waals surface area contributed by atoms with E-state index in [9.17, 15) is 0 Å². The minimum atomic E-state index is -0.695. The van der Waals surface area contributed by atoms with Crippen LogP contribution in [0.4, 0.5) is 0 Å². The van der Waals surface area contributed by atoms with Gasteiger partial charge in [-0.05, 0) is 69.7 Å². The van der Waals surface area contributed by atoms with Gasteiger partial charge in [-0.2, -0.15) is 0 Å². The maximum atomic E-state index is 2.47. The molecular weight excluding hydrogens is 415 g/mol. The van der Waals surface area contributed by atoms with Crippen LogP contribution in [-0.4, -0.2) is 0 Å². The Bertz CT molecular complexity index is 1410. The van der Waals surface area contributed by atoms with E-state index in [0.29, 0.717) is 0 Å². The SMILES string of the molecule is C1=C(c2c(P(c3ccccc3)c3ccccc3)ccc3ccccc23)c2ccccc2CC1. The number of aryl methyl sites for hydroxylation is 1. The van der Waals surface area contributed by atoms with Crippen molar-refractivity contribution in [3.05, 3.63) is 144 Å². The lowest BCUT2D eigenvalue weighted by atomic mass is 9.85. The molecule has 0 fully saturated rings. The Labute approximate surface area is 197 Å². The van der Waals surface area contributed by atoms with E-state index in [1.165, 1.54) is 48.9 Å². The number of fused-ring (bicyclic) bond motifs is 2. The highest BCUT2D eigenvalue weighted by Crippen LogP contribution is 2.41. The van der Waals surface area contributed by atoms with Crippen LogP contribution in [0.15, 0.2) is 127 Å². The van der Waals surface area contributed by atoms with Gasteiger partial charge >= 0.3 is 0 Å². The minimum absolute atomic E-state index is 0.695. The fourth-order valence-electron chi connectivity index (χ4n) is 5.03. The molecule has 0 spiro atoms. The average molecular weight is 441 g/mol. The van der Waals surface area contributed by atoms with Crippen LogP contribution in [0.25, 0.3) is 16.3 Å². The molecule has 0 N–H and O–H groups in total. The molecule has 0 amide bonds. The van der Waals surface area contributed by atoms with E-state index in [4.69, 9.17) is 0 Å². The fourth-order valence-corrected chi connectivity index (χ4v) is 7.51. The van der Waals surface area contributed by atoms with E-state index >= 15 is 0 Å². The minimum Gasteiger partial charge on any atom is -0.0757 e. The Morgan fingerprint density at radius 3 is 1.94 bits per heavy atom. The van der Waals surface area contributed by atoms with Crippen molar-refractivity contribution >= 4 is 40.2 Å². The van der Waals surface area contributed by atoms with Crippen molar-refractivity contribution in [2.75, 3.05) is 0 Å². The first-order valence-corrected chi connectivity index (χ1v) is 12.9. The lowest BCUT2D eigenvalue weighted by Crippen LogP contribution is -2.24. The van der Waals surface area contributed by atoms with Crippen molar-refractivity contribution in [3.8, 4) is 0 Å². The number of hydrogen-bond donors (Lipinski definition) is 0. The first kappa shape index (κ1) is 20.2. The molecule has 0 saturated carbocycles. The molecule has 0 radical (unpaired) electrons. The van der Waals surface area contributed by atoms with Gasteiger partial charge in [-0.25, -0.2) is 0 Å². The molecule has 0 atom stereocenters. The van der Waals surface area contributed by atoms with Crippen molar-refractivity contribution in [1.82, 2.24) is 0 Å². The zero-order chi connectivity index (χ0) is 22.0. The van der Waals surface area contributed by atoms with Gasteiger partial charge in [-0.3, -0.25) is 0 Å². The zero-order valence-corrected chi connectivity index (χ0v) is 19.4. The van der Waals surface area contributed by atoms with Crippen molar-refractivity contribution in [2.45, 2.75) is 12.8 Å². The number of hydrogen-bond acceptors (Lipinski definition) is 0. The maximum absolute atomic E-state index is 2.47. The molecule has 1 aliphatic rings. The number of rotatable bonds is 4. The highest BCUT2D eigenvalue weighted by atomic mass is 31.1. The van der Waals surface area contributed by atoms with Gasteiger partial charge in [0.1, 0.15) is 0 Å². The number of benzene rings is 5. The molecule has 33 heavy (non-hydrogen) atoms. The first-order valence-electron chi connectivity index (χ1n) is 11.6. The van der Waals surface area contributed by atoms with E-state index in [2.05, 4.69) is 127 Å². The smallest absolute Gasteiger partial charge is 0.00188 e. The lowest BCUT2D eigenvalue weighted by molar-refractivity contribution is 0.978. The van der Waals surface area contributed by atoms with E-state index in [-0.39, 0.29) is 0 Å². The molecule has 6 rings (SSSR count). The van der Waals surface area contributed by atoms with Crippen LogP contribution in [-0.2, 0) is 6.42 Å². The third kappa shape index (κ3) is 3.71. The summed E-state index contributed by atoms with van der Waals surface area (Å²) < 4.78 is 0. The second-order valence-corrected chi connectivity index (χ2v) is 10.7. The molecule has 0 aliphatic heterocycles. The summed E-state index contributed by atoms with van der Waals surface area (Å²) in [5, 5.41) is 6.86. The quantitative estimate of drug-likeness (QED) is 0.265. The van der Waals surface area contributed by atoms with Crippen LogP contribution < -0.4 is 15.9 Å². The summed E-state index contributed by atoms with van der Waals surface area (Å²) in [4.78, 5) is 0. The van der Waals surface area contributed by atoms with Gasteiger partial charge in [0.2, 0.25) is 0 Å². The summed E-state index contributed by atoms with van der Waals surface area (Å²) in [5.74, 6) is 0. The maximum Gasteiger partial charge on any atom is -0.00188 e. The molecule has 1 heteroatoms. The molecule has 0 aromatic heterocycles. The summed E-state index contributed by atoms with van der Waals surface area (Å²) in [6.45, 7) is 0. The normalized spacial score (nSPS) is 13.1. The molecule has 0 heterocycles. The second kappa shape index (κ2) is 8.81. The summed E-state index contributed by atoms with van der Waals surface area (Å²) >= 11 is 0. The topological polar surface area (TPSA) is 0 Å². The van der Waals surface area contributed by atoms with Gasteiger partial charge in [-0.1, -0.05) is 127 Å². The van der Waals surface area contributed by atoms with Gasteiger partial charge in [0.25, 0.3) is 0 Å². The van der Waals surface area contributed by atoms with Crippen molar-refractivity contribution in [1.29, 1.82) is 0 Å². The van der Waals surface area contributed by atoms with Crippen molar-refractivity contribution in [3.63, 3.8) is 0 Å². The van der Waals surface area contributed by atoms with E-state index in [0.717, 1.165) is 12.8 Å². The lowest BCUT2D eigenvalue weighted by Gasteiger charge is -2.27. The molecular formula is C32H25P. The Morgan fingerprint density at radius 2 is 1.18 bits per heavy atom. The standard InChI is InChI=1S/C32H25P/c1-3-15-26(16-4-1)33(27-17-5-2-6-18-27)31-23-22-25-13-8-10-20-29(25)32(31)30-21-11-14-24-12-7-9-19-28(24)30/h1-10,12-13,15-23H,11,14H2. The molecule has 1 aliphatic carbocycles. The van der Waals surface area contributed by atoms with Crippen LogP contribution in [0.3, 0.4) is 0 Å². The number of allylic oxidation sites excluding steroid dienone is 1. The Kier molecular flexibility index (Phi) is 5.38. The van der Waals surface area contributed by atoms with Crippen molar-refractivity contribution < 1.29 is 0 Å². The predicted molar refractivity (Wildman–Crippen MR) is 144 cm³/mol. The summed E-state index contributed by atoms with van der Waals surface area (Å²) in [6, 6.07) is 44.6. The Morgan fingerprint density at radius 1 is 0.545 bits per heavy atom. The highest BCUT2D eigenvalue weighted by molar-refractivity contribution is 7.80. The predicted octanol–water partition coefficient (Wildman–Crippen LogP) is 6.98. The third-order valence-corrected chi connectivity index (χ3v) is 9.00. The van der Waals surface area contributed by atoms with Gasteiger partial charge in [-0.15, -0.1) is 0 Å². The first-order chi connectivity index (χ1) is 16.4. The molecule has 0 unspecified atom stereocenters. The van der Waals surface area contributed by atoms with Crippen LogP contribution in [0.1, 0.15) is 23.1 Å². The van der Waals surface area contributed by atoms with E-state index in [1.807, 2.05) is 0 Å². The molecule has 0 nitrogen and oxygen atoms in total. The Balaban J connectivity index is 1.68. The van der Waals surface area contributed by atoms with Gasteiger partial charge in [0.05, 0.1) is 0 Å².